The van der Waals surface area contributed by atoms with Crippen molar-refractivity contribution in [3.05, 3.63) is 53.1 Å². The quantitative estimate of drug-likeness (QED) is 0.478. The molecule has 0 aliphatic carbocycles. The molecule has 0 saturated heterocycles. The number of phenols is 1. The molecule has 5 heteroatoms. The molecule has 2 aromatic carbocycles. The first-order valence-electron chi connectivity index (χ1n) is 10.4. The van der Waals surface area contributed by atoms with Gasteiger partial charge in [-0.25, -0.2) is 0 Å². The SMILES string of the molecule is CCCCOc1ccc(C(F)(F)Oc2cc(C(C)(C)C)c(O)c(C(C)(C)C)c2)cc1. The molecule has 166 valence electrons. The van der Waals surface area contributed by atoms with Crippen molar-refractivity contribution in [1.29, 1.82) is 0 Å². The van der Waals surface area contributed by atoms with E-state index in [1.54, 1.807) is 0 Å². The Labute approximate surface area is 179 Å². The summed E-state index contributed by atoms with van der Waals surface area (Å²) in [5.41, 5.74) is 0.0146. The predicted molar refractivity (Wildman–Crippen MR) is 117 cm³/mol. The highest BCUT2D eigenvalue weighted by Gasteiger charge is 2.36. The molecule has 0 amide bonds. The van der Waals surface area contributed by atoms with Crippen LogP contribution in [0.15, 0.2) is 36.4 Å². The highest BCUT2D eigenvalue weighted by Crippen LogP contribution is 2.43. The standard InChI is InChI=1S/C25H34F2O3/c1-8-9-14-29-18-12-10-17(11-13-18)25(26,27)30-19-15-20(23(2,3)4)22(28)21(16-19)24(5,6)7/h10-13,15-16,28H,8-9,14H2,1-7H3. The maximum atomic E-state index is 14.9. The Bertz CT molecular complexity index is 809. The fourth-order valence-corrected chi connectivity index (χ4v) is 3.10. The number of aromatic hydroxyl groups is 1. The van der Waals surface area contributed by atoms with Gasteiger partial charge in [-0.2, -0.15) is 8.78 Å². The van der Waals surface area contributed by atoms with E-state index in [-0.39, 0.29) is 17.1 Å². The van der Waals surface area contributed by atoms with Gasteiger partial charge in [0.15, 0.2) is 0 Å². The Morgan fingerprint density at radius 1 is 0.833 bits per heavy atom. The molecule has 0 aliphatic rings. The normalized spacial score (nSPS) is 12.7. The molecule has 3 nitrogen and oxygen atoms in total. The second kappa shape index (κ2) is 8.83. The lowest BCUT2D eigenvalue weighted by Gasteiger charge is -2.29. The monoisotopic (exact) mass is 420 g/mol. The van der Waals surface area contributed by atoms with Gasteiger partial charge >= 0.3 is 6.11 Å². The van der Waals surface area contributed by atoms with Gasteiger partial charge in [0.25, 0.3) is 0 Å². The van der Waals surface area contributed by atoms with Gasteiger partial charge in [0.2, 0.25) is 0 Å². The molecule has 0 atom stereocenters. The summed E-state index contributed by atoms with van der Waals surface area (Å²) in [6, 6.07) is 8.69. The van der Waals surface area contributed by atoms with E-state index in [0.29, 0.717) is 23.5 Å². The van der Waals surface area contributed by atoms with E-state index in [2.05, 4.69) is 6.92 Å². The lowest BCUT2D eigenvalue weighted by Crippen LogP contribution is -2.23. The Hall–Kier alpha value is -2.30. The van der Waals surface area contributed by atoms with Crippen molar-refractivity contribution < 1.29 is 23.4 Å². The van der Waals surface area contributed by atoms with Crippen LogP contribution >= 0.6 is 0 Å². The summed E-state index contributed by atoms with van der Waals surface area (Å²) < 4.78 is 40.5. The molecule has 0 spiro atoms. The first kappa shape index (κ1) is 24.0. The van der Waals surface area contributed by atoms with E-state index in [4.69, 9.17) is 9.47 Å². The highest BCUT2D eigenvalue weighted by atomic mass is 19.3. The summed E-state index contributed by atoms with van der Waals surface area (Å²) >= 11 is 0. The minimum absolute atomic E-state index is 0.0240. The lowest BCUT2D eigenvalue weighted by molar-refractivity contribution is -0.185. The fourth-order valence-electron chi connectivity index (χ4n) is 3.10. The third kappa shape index (κ3) is 5.87. The van der Waals surface area contributed by atoms with Crippen LogP contribution in [0.4, 0.5) is 8.78 Å². The average molecular weight is 421 g/mol. The van der Waals surface area contributed by atoms with E-state index in [1.165, 1.54) is 36.4 Å². The minimum Gasteiger partial charge on any atom is -0.507 e. The topological polar surface area (TPSA) is 38.7 Å². The van der Waals surface area contributed by atoms with Crippen molar-refractivity contribution in [3.8, 4) is 17.2 Å². The van der Waals surface area contributed by atoms with Crippen LogP contribution in [0.2, 0.25) is 0 Å². The maximum absolute atomic E-state index is 14.9. The number of halogens is 2. The Balaban J connectivity index is 2.35. The number of benzene rings is 2. The summed E-state index contributed by atoms with van der Waals surface area (Å²) in [5.74, 6) is 0.702. The third-order valence-corrected chi connectivity index (χ3v) is 4.90. The zero-order chi connectivity index (χ0) is 22.7. The summed E-state index contributed by atoms with van der Waals surface area (Å²) in [5, 5.41) is 10.8. The molecule has 1 N–H and O–H groups in total. The highest BCUT2D eigenvalue weighted by molar-refractivity contribution is 5.52. The van der Waals surface area contributed by atoms with E-state index < -0.39 is 16.9 Å². The third-order valence-electron chi connectivity index (χ3n) is 4.90. The van der Waals surface area contributed by atoms with Gasteiger partial charge in [-0.3, -0.25) is 0 Å². The van der Waals surface area contributed by atoms with Crippen LogP contribution in [0.1, 0.15) is 78.0 Å². The van der Waals surface area contributed by atoms with Gasteiger partial charge in [-0.15, -0.1) is 0 Å². The van der Waals surface area contributed by atoms with Crippen LogP contribution < -0.4 is 9.47 Å². The first-order valence-corrected chi connectivity index (χ1v) is 10.4. The number of hydrogen-bond acceptors (Lipinski definition) is 3. The molecule has 0 fully saturated rings. The van der Waals surface area contributed by atoms with Crippen LogP contribution in [0.5, 0.6) is 17.2 Å². The molecule has 0 aliphatic heterocycles. The second-order valence-electron chi connectivity index (χ2n) is 9.71. The predicted octanol–water partition coefficient (Wildman–Crippen LogP) is 7.29. The smallest absolute Gasteiger partial charge is 0.426 e. The van der Waals surface area contributed by atoms with Crippen LogP contribution in [0, 0.1) is 0 Å². The molecule has 0 bridgehead atoms. The molecule has 0 radical (unpaired) electrons. The zero-order valence-electron chi connectivity index (χ0n) is 19.1. The summed E-state index contributed by atoms with van der Waals surface area (Å²) in [6.45, 7) is 14.2. The minimum atomic E-state index is -3.52. The first-order chi connectivity index (χ1) is 13.8. The number of ether oxygens (including phenoxy) is 2. The van der Waals surface area contributed by atoms with E-state index in [0.717, 1.165) is 12.8 Å². The average Bonchev–Trinajstić information content (AvgIpc) is 2.61. The Morgan fingerprint density at radius 2 is 1.33 bits per heavy atom. The van der Waals surface area contributed by atoms with Gasteiger partial charge < -0.3 is 14.6 Å². The molecule has 0 unspecified atom stereocenters. The van der Waals surface area contributed by atoms with Crippen molar-refractivity contribution in [2.75, 3.05) is 6.61 Å². The number of phenolic OH excluding ortho intramolecular Hbond substituents is 1. The summed E-state index contributed by atoms with van der Waals surface area (Å²) in [4.78, 5) is 0. The van der Waals surface area contributed by atoms with Crippen LogP contribution in [0.25, 0.3) is 0 Å². The lowest BCUT2D eigenvalue weighted by atomic mass is 9.79. The summed E-state index contributed by atoms with van der Waals surface area (Å²) in [6.07, 6.45) is -1.61. The number of unbranched alkanes of at least 4 members (excludes halogenated alkanes) is 1. The van der Waals surface area contributed by atoms with Gasteiger partial charge in [0.05, 0.1) is 12.2 Å². The van der Waals surface area contributed by atoms with E-state index in [1.807, 2.05) is 41.5 Å². The molecule has 0 saturated carbocycles. The molecule has 2 aromatic rings. The van der Waals surface area contributed by atoms with Crippen molar-refractivity contribution in [1.82, 2.24) is 0 Å². The number of hydrogen-bond donors (Lipinski definition) is 1. The largest absolute Gasteiger partial charge is 0.507 e. The second-order valence-corrected chi connectivity index (χ2v) is 9.71. The van der Waals surface area contributed by atoms with Crippen LogP contribution in [0.3, 0.4) is 0 Å². The zero-order valence-corrected chi connectivity index (χ0v) is 19.1. The fraction of sp³-hybridized carbons (Fsp3) is 0.520. The molecular weight excluding hydrogens is 386 g/mol. The van der Waals surface area contributed by atoms with Crippen LogP contribution in [-0.4, -0.2) is 11.7 Å². The van der Waals surface area contributed by atoms with Crippen LogP contribution in [-0.2, 0) is 16.9 Å². The molecule has 2 rings (SSSR count). The van der Waals surface area contributed by atoms with Crippen molar-refractivity contribution in [3.63, 3.8) is 0 Å². The van der Waals surface area contributed by atoms with Crippen molar-refractivity contribution >= 4 is 0 Å². The molecule has 0 heterocycles. The van der Waals surface area contributed by atoms with Crippen molar-refractivity contribution in [2.24, 2.45) is 0 Å². The maximum Gasteiger partial charge on any atom is 0.426 e. The molecule has 30 heavy (non-hydrogen) atoms. The number of alkyl halides is 2. The van der Waals surface area contributed by atoms with E-state index >= 15 is 0 Å². The Morgan fingerprint density at radius 3 is 1.77 bits per heavy atom. The summed E-state index contributed by atoms with van der Waals surface area (Å²) in [7, 11) is 0. The van der Waals surface area contributed by atoms with Gasteiger partial charge in [0, 0.05) is 11.1 Å². The molecule has 0 aromatic heterocycles. The number of rotatable bonds is 7. The Kier molecular flexibility index (Phi) is 7.05. The van der Waals surface area contributed by atoms with Gasteiger partial charge in [0.1, 0.15) is 17.2 Å². The van der Waals surface area contributed by atoms with E-state index in [9.17, 15) is 13.9 Å². The van der Waals surface area contributed by atoms with Gasteiger partial charge in [-0.1, -0.05) is 54.9 Å². The van der Waals surface area contributed by atoms with Crippen molar-refractivity contribution in [2.45, 2.75) is 78.2 Å². The van der Waals surface area contributed by atoms with Gasteiger partial charge in [-0.05, 0) is 53.6 Å². The molecular formula is C25H34F2O3.